The summed E-state index contributed by atoms with van der Waals surface area (Å²) < 4.78 is 10.6. The molecule has 3 nitrogen and oxygen atoms in total. The van der Waals surface area contributed by atoms with E-state index in [1.165, 1.54) is 5.57 Å². The quantitative estimate of drug-likeness (QED) is 0.847. The van der Waals surface area contributed by atoms with Gasteiger partial charge in [-0.05, 0) is 36.6 Å². The predicted molar refractivity (Wildman–Crippen MR) is 64.7 cm³/mol. The second-order valence-electron chi connectivity index (χ2n) is 3.96. The lowest BCUT2D eigenvalue weighted by Gasteiger charge is -2.11. The number of ether oxygens (including phenoxy) is 2. The third kappa shape index (κ3) is 2.04. The Labute approximate surface area is 95.9 Å². The first-order valence-corrected chi connectivity index (χ1v) is 5.43. The maximum absolute atomic E-state index is 5.88. The molecule has 0 amide bonds. The summed E-state index contributed by atoms with van der Waals surface area (Å²) in [5.41, 5.74) is 8.22. The molecule has 0 spiro atoms. The lowest BCUT2D eigenvalue weighted by molar-refractivity contribution is 0.402. The van der Waals surface area contributed by atoms with Gasteiger partial charge < -0.3 is 15.2 Å². The Morgan fingerprint density at radius 2 is 2.06 bits per heavy atom. The Morgan fingerprint density at radius 3 is 2.62 bits per heavy atom. The zero-order valence-electron chi connectivity index (χ0n) is 9.69. The Hall–Kier alpha value is -1.48. The molecule has 0 heterocycles. The van der Waals surface area contributed by atoms with E-state index in [2.05, 4.69) is 6.08 Å². The van der Waals surface area contributed by atoms with Crippen molar-refractivity contribution in [1.82, 2.24) is 0 Å². The van der Waals surface area contributed by atoms with Crippen molar-refractivity contribution in [2.75, 3.05) is 14.2 Å². The van der Waals surface area contributed by atoms with Gasteiger partial charge in [-0.2, -0.15) is 0 Å². The fraction of sp³-hybridized carbons (Fsp3) is 0.385. The fourth-order valence-electron chi connectivity index (χ4n) is 2.04. The van der Waals surface area contributed by atoms with Crippen molar-refractivity contribution in [3.63, 3.8) is 0 Å². The van der Waals surface area contributed by atoms with E-state index in [0.717, 1.165) is 29.9 Å². The summed E-state index contributed by atoms with van der Waals surface area (Å²) in [5, 5.41) is 0. The maximum atomic E-state index is 5.88. The molecule has 0 saturated heterocycles. The molecule has 2 rings (SSSR count). The lowest BCUT2D eigenvalue weighted by Crippen LogP contribution is -2.11. The van der Waals surface area contributed by atoms with Crippen molar-refractivity contribution in [3.05, 3.63) is 29.8 Å². The topological polar surface area (TPSA) is 44.5 Å². The Bertz CT molecular complexity index is 412. The second kappa shape index (κ2) is 4.58. The van der Waals surface area contributed by atoms with Gasteiger partial charge in [0.05, 0.1) is 14.2 Å². The lowest BCUT2D eigenvalue weighted by atomic mass is 10.0. The molecule has 2 N–H and O–H groups in total. The van der Waals surface area contributed by atoms with Crippen LogP contribution < -0.4 is 15.2 Å². The molecule has 0 saturated carbocycles. The summed E-state index contributed by atoms with van der Waals surface area (Å²) >= 11 is 0. The van der Waals surface area contributed by atoms with E-state index in [9.17, 15) is 0 Å². The van der Waals surface area contributed by atoms with Crippen LogP contribution in [0.3, 0.4) is 0 Å². The summed E-state index contributed by atoms with van der Waals surface area (Å²) in [4.78, 5) is 0. The SMILES string of the molecule is COc1ccc(OC)c(C2=CC(N)CC2)c1. The second-order valence-corrected chi connectivity index (χ2v) is 3.96. The monoisotopic (exact) mass is 219 g/mol. The van der Waals surface area contributed by atoms with Crippen molar-refractivity contribution in [1.29, 1.82) is 0 Å². The average molecular weight is 219 g/mol. The fourth-order valence-corrected chi connectivity index (χ4v) is 2.04. The highest BCUT2D eigenvalue weighted by Gasteiger charge is 2.17. The van der Waals surface area contributed by atoms with Gasteiger partial charge in [0.1, 0.15) is 11.5 Å². The molecule has 16 heavy (non-hydrogen) atoms. The predicted octanol–water partition coefficient (Wildman–Crippen LogP) is 2.21. The molecule has 3 heteroatoms. The van der Waals surface area contributed by atoms with Gasteiger partial charge in [-0.25, -0.2) is 0 Å². The van der Waals surface area contributed by atoms with Gasteiger partial charge in [0.2, 0.25) is 0 Å². The summed E-state index contributed by atoms with van der Waals surface area (Å²) in [5.74, 6) is 1.72. The van der Waals surface area contributed by atoms with Gasteiger partial charge in [0.25, 0.3) is 0 Å². The molecule has 1 aliphatic rings. The third-order valence-electron chi connectivity index (χ3n) is 2.91. The smallest absolute Gasteiger partial charge is 0.126 e. The van der Waals surface area contributed by atoms with Crippen molar-refractivity contribution < 1.29 is 9.47 Å². The van der Waals surface area contributed by atoms with Crippen molar-refractivity contribution >= 4 is 5.57 Å². The number of methoxy groups -OCH3 is 2. The van der Waals surface area contributed by atoms with Gasteiger partial charge in [0, 0.05) is 11.6 Å². The number of hydrogen-bond donors (Lipinski definition) is 1. The van der Waals surface area contributed by atoms with E-state index in [0.29, 0.717) is 0 Å². The van der Waals surface area contributed by atoms with Crippen LogP contribution >= 0.6 is 0 Å². The Kier molecular flexibility index (Phi) is 3.15. The van der Waals surface area contributed by atoms with Gasteiger partial charge in [-0.15, -0.1) is 0 Å². The summed E-state index contributed by atoms with van der Waals surface area (Å²) in [6.45, 7) is 0. The van der Waals surface area contributed by atoms with E-state index < -0.39 is 0 Å². The first-order chi connectivity index (χ1) is 7.74. The average Bonchev–Trinajstić information content (AvgIpc) is 2.75. The van der Waals surface area contributed by atoms with Crippen LogP contribution in [0.4, 0.5) is 0 Å². The van der Waals surface area contributed by atoms with E-state index in [-0.39, 0.29) is 6.04 Å². The molecule has 1 aromatic carbocycles. The standard InChI is InChI=1S/C13H17NO2/c1-15-11-5-6-13(16-2)12(8-11)9-3-4-10(14)7-9/h5-8,10H,3-4,14H2,1-2H3. The molecule has 0 aliphatic heterocycles. The minimum Gasteiger partial charge on any atom is -0.497 e. The molecular weight excluding hydrogens is 202 g/mol. The zero-order chi connectivity index (χ0) is 11.5. The number of nitrogens with two attached hydrogens (primary N) is 1. The molecule has 1 aliphatic carbocycles. The molecule has 1 aromatic rings. The van der Waals surface area contributed by atoms with Crippen molar-refractivity contribution in [2.24, 2.45) is 5.73 Å². The van der Waals surface area contributed by atoms with Crippen molar-refractivity contribution in [2.45, 2.75) is 18.9 Å². The molecule has 1 unspecified atom stereocenters. The number of rotatable bonds is 3. The van der Waals surface area contributed by atoms with E-state index in [4.69, 9.17) is 15.2 Å². The number of benzene rings is 1. The summed E-state index contributed by atoms with van der Waals surface area (Å²) in [7, 11) is 3.35. The molecule has 0 aromatic heterocycles. The molecule has 1 atom stereocenters. The van der Waals surface area contributed by atoms with E-state index in [1.54, 1.807) is 14.2 Å². The summed E-state index contributed by atoms with van der Waals surface area (Å²) in [6, 6.07) is 6.00. The first kappa shape index (κ1) is 11.0. The van der Waals surface area contributed by atoms with Crippen LogP contribution in [0.2, 0.25) is 0 Å². The zero-order valence-corrected chi connectivity index (χ0v) is 9.69. The highest BCUT2D eigenvalue weighted by molar-refractivity contribution is 5.73. The molecule has 0 bridgehead atoms. The highest BCUT2D eigenvalue weighted by atomic mass is 16.5. The van der Waals surface area contributed by atoms with Crippen LogP contribution in [0.5, 0.6) is 11.5 Å². The van der Waals surface area contributed by atoms with Gasteiger partial charge in [-0.3, -0.25) is 0 Å². The van der Waals surface area contributed by atoms with Gasteiger partial charge in [0.15, 0.2) is 0 Å². The number of allylic oxidation sites excluding steroid dienone is 1. The Morgan fingerprint density at radius 1 is 1.25 bits per heavy atom. The first-order valence-electron chi connectivity index (χ1n) is 5.43. The van der Waals surface area contributed by atoms with Crippen LogP contribution in [0, 0.1) is 0 Å². The van der Waals surface area contributed by atoms with E-state index in [1.807, 2.05) is 18.2 Å². The largest absolute Gasteiger partial charge is 0.497 e. The van der Waals surface area contributed by atoms with Crippen LogP contribution in [0.1, 0.15) is 18.4 Å². The third-order valence-corrected chi connectivity index (χ3v) is 2.91. The van der Waals surface area contributed by atoms with Gasteiger partial charge >= 0.3 is 0 Å². The molecule has 0 fully saturated rings. The molecule has 86 valence electrons. The van der Waals surface area contributed by atoms with Crippen LogP contribution in [-0.4, -0.2) is 20.3 Å². The maximum Gasteiger partial charge on any atom is 0.126 e. The van der Waals surface area contributed by atoms with Crippen molar-refractivity contribution in [3.8, 4) is 11.5 Å². The minimum atomic E-state index is 0.172. The Balaban J connectivity index is 2.41. The normalized spacial score (nSPS) is 19.4. The molecule has 0 radical (unpaired) electrons. The number of hydrogen-bond acceptors (Lipinski definition) is 3. The summed E-state index contributed by atoms with van der Waals surface area (Å²) in [6.07, 6.45) is 4.12. The van der Waals surface area contributed by atoms with E-state index >= 15 is 0 Å². The van der Waals surface area contributed by atoms with Crippen LogP contribution in [-0.2, 0) is 0 Å². The van der Waals surface area contributed by atoms with Crippen LogP contribution in [0.25, 0.3) is 5.57 Å². The van der Waals surface area contributed by atoms with Gasteiger partial charge in [-0.1, -0.05) is 6.08 Å². The molecular formula is C13H17NO2. The highest BCUT2D eigenvalue weighted by Crippen LogP contribution is 2.35. The minimum absolute atomic E-state index is 0.172. The van der Waals surface area contributed by atoms with Crippen LogP contribution in [0.15, 0.2) is 24.3 Å².